The molecule has 1 saturated heterocycles. The average molecular weight is 209 g/mol. The molecule has 1 aromatic rings. The summed E-state index contributed by atoms with van der Waals surface area (Å²) in [6.07, 6.45) is 5.18. The van der Waals surface area contributed by atoms with Crippen molar-refractivity contribution in [1.82, 2.24) is 25.4 Å². The van der Waals surface area contributed by atoms with Crippen molar-refractivity contribution >= 4 is 0 Å². The predicted molar refractivity (Wildman–Crippen MR) is 58.6 cm³/mol. The molecule has 0 radical (unpaired) electrons. The van der Waals surface area contributed by atoms with Gasteiger partial charge in [0.2, 0.25) is 0 Å². The normalized spacial score (nSPS) is 18.2. The maximum absolute atomic E-state index is 4.06. The Kier molecular flexibility index (Phi) is 3.69. The minimum absolute atomic E-state index is 0.680. The number of nitrogens with zero attached hydrogens (tertiary/aromatic N) is 3. The van der Waals surface area contributed by atoms with E-state index in [1.807, 2.05) is 11.6 Å². The summed E-state index contributed by atoms with van der Waals surface area (Å²) >= 11 is 0. The van der Waals surface area contributed by atoms with Gasteiger partial charge in [0, 0.05) is 26.1 Å². The number of aryl methyl sites for hydroxylation is 1. The molecule has 0 atom stereocenters. The van der Waals surface area contributed by atoms with E-state index < -0.39 is 0 Å². The molecule has 2 N–H and O–H groups in total. The van der Waals surface area contributed by atoms with Crippen LogP contribution in [0.4, 0.5) is 0 Å². The summed E-state index contributed by atoms with van der Waals surface area (Å²) in [5.74, 6) is 1.05. The molecule has 1 aliphatic heterocycles. The standard InChI is InChI=1S/C10H19N5/c1-15-8-13-14-10(15)4-7-12-9-2-5-11-6-3-9/h8-9,11-12H,2-7H2,1H3. The molecule has 15 heavy (non-hydrogen) atoms. The third-order valence-electron chi connectivity index (χ3n) is 2.93. The first-order valence-corrected chi connectivity index (χ1v) is 5.63. The smallest absolute Gasteiger partial charge is 0.133 e. The molecular weight excluding hydrogens is 190 g/mol. The quantitative estimate of drug-likeness (QED) is 0.715. The van der Waals surface area contributed by atoms with Crippen molar-refractivity contribution in [3.05, 3.63) is 12.2 Å². The molecule has 0 bridgehead atoms. The van der Waals surface area contributed by atoms with Crippen molar-refractivity contribution in [2.75, 3.05) is 19.6 Å². The van der Waals surface area contributed by atoms with Crippen LogP contribution in [0.1, 0.15) is 18.7 Å². The maximum Gasteiger partial charge on any atom is 0.133 e. The number of hydrogen-bond donors (Lipinski definition) is 2. The Labute approximate surface area is 90.3 Å². The van der Waals surface area contributed by atoms with Gasteiger partial charge in [0.25, 0.3) is 0 Å². The summed E-state index contributed by atoms with van der Waals surface area (Å²) in [4.78, 5) is 0. The van der Waals surface area contributed by atoms with Crippen molar-refractivity contribution in [2.24, 2.45) is 7.05 Å². The number of piperidine rings is 1. The molecular formula is C10H19N5. The van der Waals surface area contributed by atoms with Gasteiger partial charge in [-0.1, -0.05) is 0 Å². The first-order chi connectivity index (χ1) is 7.36. The van der Waals surface area contributed by atoms with Gasteiger partial charge >= 0.3 is 0 Å². The zero-order valence-corrected chi connectivity index (χ0v) is 9.24. The number of aromatic nitrogens is 3. The topological polar surface area (TPSA) is 54.8 Å². The molecule has 0 saturated carbocycles. The third-order valence-corrected chi connectivity index (χ3v) is 2.93. The van der Waals surface area contributed by atoms with Crippen LogP contribution < -0.4 is 10.6 Å². The lowest BCUT2D eigenvalue weighted by molar-refractivity contribution is 0.388. The Bertz CT molecular complexity index is 290. The molecule has 2 rings (SSSR count). The molecule has 84 valence electrons. The third kappa shape index (κ3) is 3.00. The molecule has 0 unspecified atom stereocenters. The zero-order valence-electron chi connectivity index (χ0n) is 9.24. The van der Waals surface area contributed by atoms with Gasteiger partial charge in [-0.2, -0.15) is 0 Å². The number of nitrogens with one attached hydrogen (secondary N) is 2. The zero-order chi connectivity index (χ0) is 10.5. The van der Waals surface area contributed by atoms with Crippen LogP contribution in [0.15, 0.2) is 6.33 Å². The summed E-state index contributed by atoms with van der Waals surface area (Å²) < 4.78 is 1.98. The Hall–Kier alpha value is -0.940. The molecule has 5 nitrogen and oxygen atoms in total. The Balaban J connectivity index is 1.68. The van der Waals surface area contributed by atoms with Crippen molar-refractivity contribution in [3.8, 4) is 0 Å². The van der Waals surface area contributed by atoms with Crippen LogP contribution in [-0.4, -0.2) is 40.4 Å². The van der Waals surface area contributed by atoms with Gasteiger partial charge in [0.05, 0.1) is 0 Å². The minimum atomic E-state index is 0.680. The maximum atomic E-state index is 4.06. The second-order valence-corrected chi connectivity index (χ2v) is 4.09. The highest BCUT2D eigenvalue weighted by molar-refractivity contribution is 4.86. The van der Waals surface area contributed by atoms with E-state index in [0.29, 0.717) is 6.04 Å². The van der Waals surface area contributed by atoms with Crippen LogP contribution in [0.2, 0.25) is 0 Å². The summed E-state index contributed by atoms with van der Waals surface area (Å²) in [5, 5.41) is 14.8. The van der Waals surface area contributed by atoms with E-state index in [2.05, 4.69) is 20.8 Å². The number of rotatable bonds is 4. The lowest BCUT2D eigenvalue weighted by Gasteiger charge is -2.23. The Morgan fingerprint density at radius 2 is 2.33 bits per heavy atom. The highest BCUT2D eigenvalue weighted by Crippen LogP contribution is 2.01. The summed E-state index contributed by atoms with van der Waals surface area (Å²) in [6, 6.07) is 0.680. The van der Waals surface area contributed by atoms with Crippen LogP contribution >= 0.6 is 0 Å². The molecule has 2 heterocycles. The second kappa shape index (κ2) is 5.23. The number of hydrogen-bond acceptors (Lipinski definition) is 4. The fourth-order valence-corrected chi connectivity index (χ4v) is 1.95. The molecule has 0 aromatic carbocycles. The SMILES string of the molecule is Cn1cnnc1CCNC1CCNCC1. The van der Waals surface area contributed by atoms with Gasteiger partial charge in [-0.25, -0.2) is 0 Å². The van der Waals surface area contributed by atoms with Gasteiger partial charge in [-0.05, 0) is 25.9 Å². The van der Waals surface area contributed by atoms with E-state index >= 15 is 0 Å². The van der Waals surface area contributed by atoms with Crippen LogP contribution in [0.5, 0.6) is 0 Å². The van der Waals surface area contributed by atoms with E-state index in [1.165, 1.54) is 12.8 Å². The first kappa shape index (κ1) is 10.6. The predicted octanol–water partition coefficient (Wildman–Crippen LogP) is -0.301. The van der Waals surface area contributed by atoms with Crippen molar-refractivity contribution in [2.45, 2.75) is 25.3 Å². The molecule has 1 aliphatic rings. The van der Waals surface area contributed by atoms with Crippen LogP contribution in [0.25, 0.3) is 0 Å². The first-order valence-electron chi connectivity index (χ1n) is 5.63. The monoisotopic (exact) mass is 209 g/mol. The van der Waals surface area contributed by atoms with Gasteiger partial charge < -0.3 is 15.2 Å². The summed E-state index contributed by atoms with van der Waals surface area (Å²) in [7, 11) is 1.99. The molecule has 1 aromatic heterocycles. The van der Waals surface area contributed by atoms with E-state index in [-0.39, 0.29) is 0 Å². The lowest BCUT2D eigenvalue weighted by atomic mass is 10.1. The Morgan fingerprint density at radius 1 is 1.53 bits per heavy atom. The van der Waals surface area contributed by atoms with Crippen molar-refractivity contribution in [1.29, 1.82) is 0 Å². The lowest BCUT2D eigenvalue weighted by Crippen LogP contribution is -2.40. The highest BCUT2D eigenvalue weighted by atomic mass is 15.2. The second-order valence-electron chi connectivity index (χ2n) is 4.09. The Morgan fingerprint density at radius 3 is 3.00 bits per heavy atom. The van der Waals surface area contributed by atoms with Gasteiger partial charge in [0.1, 0.15) is 12.2 Å². The van der Waals surface area contributed by atoms with E-state index in [9.17, 15) is 0 Å². The molecule has 0 aliphatic carbocycles. The van der Waals surface area contributed by atoms with Crippen molar-refractivity contribution < 1.29 is 0 Å². The molecule has 1 fully saturated rings. The molecule has 0 amide bonds. The van der Waals surface area contributed by atoms with Gasteiger partial charge in [-0.15, -0.1) is 10.2 Å². The fraction of sp³-hybridized carbons (Fsp3) is 0.800. The highest BCUT2D eigenvalue weighted by Gasteiger charge is 2.11. The summed E-state index contributed by atoms with van der Waals surface area (Å²) in [6.45, 7) is 3.28. The van der Waals surface area contributed by atoms with E-state index in [4.69, 9.17) is 0 Å². The largest absolute Gasteiger partial charge is 0.321 e. The minimum Gasteiger partial charge on any atom is -0.321 e. The molecule has 0 spiro atoms. The van der Waals surface area contributed by atoms with E-state index in [0.717, 1.165) is 31.9 Å². The fourth-order valence-electron chi connectivity index (χ4n) is 1.95. The average Bonchev–Trinajstić information content (AvgIpc) is 2.66. The van der Waals surface area contributed by atoms with Gasteiger partial charge in [0.15, 0.2) is 0 Å². The van der Waals surface area contributed by atoms with Crippen LogP contribution in [0, 0.1) is 0 Å². The van der Waals surface area contributed by atoms with Crippen molar-refractivity contribution in [3.63, 3.8) is 0 Å². The van der Waals surface area contributed by atoms with Crippen LogP contribution in [-0.2, 0) is 13.5 Å². The molecule has 5 heteroatoms. The van der Waals surface area contributed by atoms with E-state index in [1.54, 1.807) is 6.33 Å². The summed E-state index contributed by atoms with van der Waals surface area (Å²) in [5.41, 5.74) is 0. The van der Waals surface area contributed by atoms with Crippen LogP contribution in [0.3, 0.4) is 0 Å². The van der Waals surface area contributed by atoms with Gasteiger partial charge in [-0.3, -0.25) is 0 Å².